The van der Waals surface area contributed by atoms with Gasteiger partial charge in [0.2, 0.25) is 0 Å². The molecule has 0 amide bonds. The molecule has 58 valence electrons. The van der Waals surface area contributed by atoms with Gasteiger partial charge in [-0.3, -0.25) is 0 Å². The topological polar surface area (TPSA) is 43.8 Å². The van der Waals surface area contributed by atoms with Crippen molar-refractivity contribution in [3.63, 3.8) is 0 Å². The molecular weight excluding hydrogens is 150 g/mol. The van der Waals surface area contributed by atoms with Gasteiger partial charge in [-0.15, -0.1) is 12.4 Å². The first-order valence-corrected chi connectivity index (χ1v) is 3.02. The first-order valence-electron chi connectivity index (χ1n) is 3.02. The number of hydrogen-bond donors (Lipinski definition) is 1. The molecule has 0 aliphatic rings. The van der Waals surface area contributed by atoms with E-state index in [0.717, 1.165) is 0 Å². The number of rotatable bonds is 2. The van der Waals surface area contributed by atoms with Crippen LogP contribution in [0.4, 0.5) is 0 Å². The van der Waals surface area contributed by atoms with Crippen LogP contribution in [0.2, 0.25) is 0 Å². The van der Waals surface area contributed by atoms with Crippen molar-refractivity contribution in [1.82, 2.24) is 9.55 Å². The van der Waals surface area contributed by atoms with Crippen LogP contribution in [0.25, 0.3) is 0 Å². The van der Waals surface area contributed by atoms with Gasteiger partial charge < -0.3 is 10.3 Å². The van der Waals surface area contributed by atoms with Gasteiger partial charge >= 0.3 is 0 Å². The molecule has 1 aromatic heterocycles. The van der Waals surface area contributed by atoms with Gasteiger partial charge in [0.1, 0.15) is 0 Å². The molecule has 0 saturated carbocycles. The van der Waals surface area contributed by atoms with Crippen LogP contribution in [-0.4, -0.2) is 16.1 Å². The van der Waals surface area contributed by atoms with Gasteiger partial charge in [0.15, 0.2) is 0 Å². The normalized spacial score (nSPS) is 12.2. The van der Waals surface area contributed by atoms with E-state index in [9.17, 15) is 0 Å². The molecule has 0 saturated heterocycles. The fourth-order valence-electron chi connectivity index (χ4n) is 0.652. The van der Waals surface area contributed by atoms with Gasteiger partial charge in [0, 0.05) is 25.0 Å². The SMILES string of the molecule is CC(CN)n1ccnc1.Cl. The van der Waals surface area contributed by atoms with Gasteiger partial charge in [-0.1, -0.05) is 0 Å². The summed E-state index contributed by atoms with van der Waals surface area (Å²) in [5.74, 6) is 0. The molecule has 2 N–H and O–H groups in total. The van der Waals surface area contributed by atoms with E-state index in [0.29, 0.717) is 12.6 Å². The standard InChI is InChI=1S/C6H11N3.ClH/c1-6(4-7)9-3-2-8-5-9;/h2-3,5-6H,4,7H2,1H3;1H. The number of aromatic nitrogens is 2. The molecular formula is C6H12ClN3. The second-order valence-corrected chi connectivity index (χ2v) is 2.09. The molecule has 0 aliphatic carbocycles. The number of halogens is 1. The van der Waals surface area contributed by atoms with Crippen molar-refractivity contribution in [2.75, 3.05) is 6.54 Å². The molecule has 4 heteroatoms. The maximum Gasteiger partial charge on any atom is 0.0948 e. The van der Waals surface area contributed by atoms with Gasteiger partial charge in [0.05, 0.1) is 6.33 Å². The highest BCUT2D eigenvalue weighted by atomic mass is 35.5. The lowest BCUT2D eigenvalue weighted by Crippen LogP contribution is -2.14. The van der Waals surface area contributed by atoms with Crippen LogP contribution in [0.5, 0.6) is 0 Å². The Hall–Kier alpha value is -0.540. The zero-order chi connectivity index (χ0) is 6.69. The Bertz CT molecular complexity index is 162. The van der Waals surface area contributed by atoms with Gasteiger partial charge in [-0.05, 0) is 6.92 Å². The molecule has 0 aromatic carbocycles. The van der Waals surface area contributed by atoms with E-state index in [-0.39, 0.29) is 12.4 Å². The Morgan fingerprint density at radius 2 is 2.40 bits per heavy atom. The summed E-state index contributed by atoms with van der Waals surface area (Å²) in [5, 5.41) is 0. The van der Waals surface area contributed by atoms with Crippen molar-refractivity contribution < 1.29 is 0 Å². The Morgan fingerprint density at radius 1 is 1.70 bits per heavy atom. The van der Waals surface area contributed by atoms with Crippen molar-refractivity contribution in [1.29, 1.82) is 0 Å². The molecule has 1 atom stereocenters. The Morgan fingerprint density at radius 3 is 2.80 bits per heavy atom. The minimum absolute atomic E-state index is 0. The zero-order valence-corrected chi connectivity index (χ0v) is 6.71. The summed E-state index contributed by atoms with van der Waals surface area (Å²) in [6.07, 6.45) is 5.45. The van der Waals surface area contributed by atoms with E-state index >= 15 is 0 Å². The summed E-state index contributed by atoms with van der Waals surface area (Å²) >= 11 is 0. The number of nitrogens with zero attached hydrogens (tertiary/aromatic N) is 2. The van der Waals surface area contributed by atoms with Crippen LogP contribution in [0.15, 0.2) is 18.7 Å². The monoisotopic (exact) mass is 161 g/mol. The summed E-state index contributed by atoms with van der Waals surface area (Å²) in [7, 11) is 0. The van der Waals surface area contributed by atoms with Crippen LogP contribution in [0, 0.1) is 0 Å². The van der Waals surface area contributed by atoms with Crippen molar-refractivity contribution in [2.24, 2.45) is 5.73 Å². The summed E-state index contributed by atoms with van der Waals surface area (Å²) in [6, 6.07) is 0.368. The second-order valence-electron chi connectivity index (χ2n) is 2.09. The summed E-state index contributed by atoms with van der Waals surface area (Å²) in [5.41, 5.74) is 5.41. The lowest BCUT2D eigenvalue weighted by Gasteiger charge is -2.07. The fraction of sp³-hybridized carbons (Fsp3) is 0.500. The van der Waals surface area contributed by atoms with Gasteiger partial charge in [-0.25, -0.2) is 4.98 Å². The maximum absolute atomic E-state index is 5.41. The molecule has 0 spiro atoms. The molecule has 10 heavy (non-hydrogen) atoms. The van der Waals surface area contributed by atoms with Crippen LogP contribution < -0.4 is 5.73 Å². The van der Waals surface area contributed by atoms with Crippen LogP contribution in [-0.2, 0) is 0 Å². The summed E-state index contributed by atoms with van der Waals surface area (Å²) < 4.78 is 1.99. The number of hydrogen-bond acceptors (Lipinski definition) is 2. The zero-order valence-electron chi connectivity index (χ0n) is 5.90. The molecule has 0 fully saturated rings. The Balaban J connectivity index is 0.000000810. The van der Waals surface area contributed by atoms with Crippen LogP contribution >= 0.6 is 12.4 Å². The van der Waals surface area contributed by atoms with Crippen LogP contribution in [0.1, 0.15) is 13.0 Å². The first kappa shape index (κ1) is 9.46. The van der Waals surface area contributed by atoms with E-state index in [4.69, 9.17) is 5.73 Å². The minimum Gasteiger partial charge on any atom is -0.333 e. The highest BCUT2D eigenvalue weighted by Gasteiger charge is 1.97. The predicted octanol–water partition coefficient (Wildman–Crippen LogP) is 0.825. The third-order valence-electron chi connectivity index (χ3n) is 1.37. The van der Waals surface area contributed by atoms with E-state index < -0.39 is 0 Å². The summed E-state index contributed by atoms with van der Waals surface area (Å²) in [4.78, 5) is 3.90. The third-order valence-corrected chi connectivity index (χ3v) is 1.37. The first-order chi connectivity index (χ1) is 4.34. The van der Waals surface area contributed by atoms with E-state index in [2.05, 4.69) is 11.9 Å². The highest BCUT2D eigenvalue weighted by molar-refractivity contribution is 5.85. The van der Waals surface area contributed by atoms with Crippen molar-refractivity contribution in [2.45, 2.75) is 13.0 Å². The van der Waals surface area contributed by atoms with E-state index in [1.54, 1.807) is 12.5 Å². The maximum atomic E-state index is 5.41. The molecule has 1 unspecified atom stereocenters. The van der Waals surface area contributed by atoms with Crippen molar-refractivity contribution >= 4 is 12.4 Å². The smallest absolute Gasteiger partial charge is 0.0948 e. The highest BCUT2D eigenvalue weighted by Crippen LogP contribution is 1.99. The Labute approximate surface area is 66.7 Å². The Kier molecular flexibility index (Phi) is 4.07. The number of imidazole rings is 1. The lowest BCUT2D eigenvalue weighted by molar-refractivity contribution is 0.558. The fourth-order valence-corrected chi connectivity index (χ4v) is 0.652. The van der Waals surface area contributed by atoms with Crippen molar-refractivity contribution in [3.8, 4) is 0 Å². The molecule has 1 rings (SSSR count). The van der Waals surface area contributed by atoms with Crippen molar-refractivity contribution in [3.05, 3.63) is 18.7 Å². The minimum atomic E-state index is 0. The molecule has 3 nitrogen and oxygen atoms in total. The molecule has 0 bridgehead atoms. The van der Waals surface area contributed by atoms with Gasteiger partial charge in [-0.2, -0.15) is 0 Å². The van der Waals surface area contributed by atoms with E-state index in [1.165, 1.54) is 0 Å². The van der Waals surface area contributed by atoms with Gasteiger partial charge in [0.25, 0.3) is 0 Å². The number of nitrogens with two attached hydrogens (primary N) is 1. The second kappa shape index (κ2) is 4.30. The quantitative estimate of drug-likeness (QED) is 0.698. The summed E-state index contributed by atoms with van der Waals surface area (Å²) in [6.45, 7) is 2.72. The predicted molar refractivity (Wildman–Crippen MR) is 43.2 cm³/mol. The third kappa shape index (κ3) is 2.01. The van der Waals surface area contributed by atoms with E-state index in [1.807, 2.05) is 10.8 Å². The lowest BCUT2D eigenvalue weighted by atomic mass is 10.3. The molecule has 1 heterocycles. The average molecular weight is 162 g/mol. The largest absolute Gasteiger partial charge is 0.333 e. The molecule has 0 radical (unpaired) electrons. The molecule has 1 aromatic rings. The van der Waals surface area contributed by atoms with Crippen LogP contribution in [0.3, 0.4) is 0 Å². The average Bonchev–Trinajstić information content (AvgIpc) is 2.37. The molecule has 0 aliphatic heterocycles.